The van der Waals surface area contributed by atoms with Crippen LogP contribution >= 0.6 is 0 Å². The number of nitrogens with zero attached hydrogens (tertiary/aromatic N) is 2. The van der Waals surface area contributed by atoms with Crippen LogP contribution in [0.5, 0.6) is 0 Å². The molecule has 1 aromatic heterocycles. The van der Waals surface area contributed by atoms with Crippen molar-refractivity contribution in [1.29, 1.82) is 0 Å². The van der Waals surface area contributed by atoms with Crippen molar-refractivity contribution in [3.63, 3.8) is 0 Å². The van der Waals surface area contributed by atoms with Crippen LogP contribution in [0.2, 0.25) is 0 Å². The van der Waals surface area contributed by atoms with E-state index < -0.39 is 10.8 Å². The number of aryl methyl sites for hydroxylation is 1. The number of nitrogens with one attached hydrogen (secondary N) is 1. The Labute approximate surface area is 114 Å². The van der Waals surface area contributed by atoms with E-state index in [0.717, 1.165) is 0 Å². The van der Waals surface area contributed by atoms with Crippen molar-refractivity contribution in [3.05, 3.63) is 63.6 Å². The average molecular weight is 273 g/mol. The first-order valence-electron chi connectivity index (χ1n) is 5.71. The number of rotatable bonds is 4. The lowest BCUT2D eigenvalue weighted by molar-refractivity contribution is -0.385. The number of nitro benzene ring substituents is 1. The van der Waals surface area contributed by atoms with Crippen molar-refractivity contribution in [2.75, 3.05) is 0 Å². The molecule has 0 atom stereocenters. The van der Waals surface area contributed by atoms with Gasteiger partial charge in [-0.3, -0.25) is 14.9 Å². The van der Waals surface area contributed by atoms with Crippen LogP contribution in [-0.2, 0) is 0 Å². The standard InChI is InChI=1S/C13H11N3O4/c1-9-6-7-12(20-9)13(17)15-14-8-10-4-2-3-5-11(10)16(18)19/h2-8H,1H3,(H,15,17)/b14-8-. The van der Waals surface area contributed by atoms with Crippen LogP contribution in [-0.4, -0.2) is 17.0 Å². The number of para-hydroxylation sites is 1. The van der Waals surface area contributed by atoms with Crippen LogP contribution in [0.1, 0.15) is 21.9 Å². The summed E-state index contributed by atoms with van der Waals surface area (Å²) in [6.45, 7) is 1.72. The molecule has 7 nitrogen and oxygen atoms in total. The van der Waals surface area contributed by atoms with Crippen LogP contribution in [0.25, 0.3) is 0 Å². The van der Waals surface area contributed by atoms with Crippen LogP contribution < -0.4 is 5.43 Å². The Balaban J connectivity index is 2.07. The highest BCUT2D eigenvalue weighted by atomic mass is 16.6. The first-order chi connectivity index (χ1) is 9.58. The SMILES string of the molecule is Cc1ccc(C(=O)N/N=C\c2ccccc2[N+](=O)[O-])o1. The highest BCUT2D eigenvalue weighted by Gasteiger charge is 2.11. The highest BCUT2D eigenvalue weighted by Crippen LogP contribution is 2.15. The first-order valence-corrected chi connectivity index (χ1v) is 5.71. The van der Waals surface area contributed by atoms with Gasteiger partial charge in [0.05, 0.1) is 16.7 Å². The van der Waals surface area contributed by atoms with Gasteiger partial charge in [-0.05, 0) is 25.1 Å². The molecule has 0 radical (unpaired) electrons. The van der Waals surface area contributed by atoms with Crippen LogP contribution in [0, 0.1) is 17.0 Å². The zero-order valence-electron chi connectivity index (χ0n) is 10.6. The second-order valence-corrected chi connectivity index (χ2v) is 3.93. The Morgan fingerprint density at radius 2 is 2.10 bits per heavy atom. The van der Waals surface area contributed by atoms with Crippen molar-refractivity contribution < 1.29 is 14.1 Å². The Kier molecular flexibility index (Phi) is 3.90. The number of hydrogen-bond donors (Lipinski definition) is 1. The number of carbonyl (C=O) groups excluding carboxylic acids is 1. The summed E-state index contributed by atoms with van der Waals surface area (Å²) in [6, 6.07) is 9.27. The maximum absolute atomic E-state index is 11.6. The summed E-state index contributed by atoms with van der Waals surface area (Å²) in [5.74, 6) is 0.216. The fourth-order valence-corrected chi connectivity index (χ4v) is 1.54. The fraction of sp³-hybridized carbons (Fsp3) is 0.0769. The van der Waals surface area contributed by atoms with E-state index in [1.54, 1.807) is 25.1 Å². The molecule has 0 saturated heterocycles. The van der Waals surface area contributed by atoms with Crippen LogP contribution in [0.4, 0.5) is 5.69 Å². The number of carbonyl (C=O) groups is 1. The monoisotopic (exact) mass is 273 g/mol. The van der Waals surface area contributed by atoms with Crippen LogP contribution in [0.15, 0.2) is 45.9 Å². The molecule has 0 aliphatic rings. The Morgan fingerprint density at radius 3 is 2.75 bits per heavy atom. The number of furan rings is 1. The average Bonchev–Trinajstić information content (AvgIpc) is 2.86. The van der Waals surface area contributed by atoms with E-state index in [2.05, 4.69) is 10.5 Å². The van der Waals surface area contributed by atoms with Crippen molar-refractivity contribution >= 4 is 17.8 Å². The molecule has 0 bridgehead atoms. The molecule has 0 spiro atoms. The third-order valence-electron chi connectivity index (χ3n) is 2.47. The quantitative estimate of drug-likeness (QED) is 0.524. The fourth-order valence-electron chi connectivity index (χ4n) is 1.54. The molecule has 0 unspecified atom stereocenters. The molecule has 102 valence electrons. The van der Waals surface area contributed by atoms with Gasteiger partial charge in [-0.15, -0.1) is 0 Å². The molecule has 1 heterocycles. The molecule has 20 heavy (non-hydrogen) atoms. The largest absolute Gasteiger partial charge is 0.456 e. The zero-order valence-corrected chi connectivity index (χ0v) is 10.6. The third-order valence-corrected chi connectivity index (χ3v) is 2.47. The number of hydrazone groups is 1. The molecule has 7 heteroatoms. The molecule has 1 amide bonds. The molecule has 2 rings (SSSR count). The van der Waals surface area contributed by atoms with Gasteiger partial charge in [-0.1, -0.05) is 12.1 Å². The van der Waals surface area contributed by atoms with Gasteiger partial charge in [0.15, 0.2) is 5.76 Å². The lowest BCUT2D eigenvalue weighted by Gasteiger charge is -1.97. The normalized spacial score (nSPS) is 10.7. The number of amides is 1. The summed E-state index contributed by atoms with van der Waals surface area (Å²) < 4.78 is 5.12. The van der Waals surface area contributed by atoms with E-state index >= 15 is 0 Å². The van der Waals surface area contributed by atoms with Gasteiger partial charge in [-0.25, -0.2) is 5.43 Å². The Bertz CT molecular complexity index is 676. The number of benzene rings is 1. The van der Waals surface area contributed by atoms with E-state index in [1.807, 2.05) is 0 Å². The predicted molar refractivity (Wildman–Crippen MR) is 71.6 cm³/mol. The van der Waals surface area contributed by atoms with E-state index in [-0.39, 0.29) is 11.4 Å². The minimum absolute atomic E-state index is 0.0839. The lowest BCUT2D eigenvalue weighted by Crippen LogP contribution is -2.16. The number of nitro groups is 1. The molecule has 1 aromatic carbocycles. The minimum atomic E-state index is -0.520. The Morgan fingerprint density at radius 1 is 1.35 bits per heavy atom. The summed E-state index contributed by atoms with van der Waals surface area (Å²) in [5, 5.41) is 14.5. The van der Waals surface area contributed by atoms with Gasteiger partial charge >= 0.3 is 5.91 Å². The highest BCUT2D eigenvalue weighted by molar-refractivity contribution is 5.93. The molecule has 0 saturated carbocycles. The summed E-state index contributed by atoms with van der Waals surface area (Å²) in [7, 11) is 0. The van der Waals surface area contributed by atoms with Gasteiger partial charge in [0.25, 0.3) is 5.69 Å². The van der Waals surface area contributed by atoms with Gasteiger partial charge in [0.2, 0.25) is 0 Å². The van der Waals surface area contributed by atoms with Crippen molar-refractivity contribution in [2.45, 2.75) is 6.92 Å². The summed E-state index contributed by atoms with van der Waals surface area (Å²) >= 11 is 0. The molecule has 0 fully saturated rings. The Hall–Kier alpha value is -2.96. The molecular weight excluding hydrogens is 262 g/mol. The zero-order chi connectivity index (χ0) is 14.5. The van der Waals surface area contributed by atoms with Gasteiger partial charge in [0, 0.05) is 6.07 Å². The van der Waals surface area contributed by atoms with Crippen LogP contribution in [0.3, 0.4) is 0 Å². The third kappa shape index (κ3) is 3.08. The van der Waals surface area contributed by atoms with Gasteiger partial charge < -0.3 is 4.42 Å². The van der Waals surface area contributed by atoms with Gasteiger partial charge in [0.1, 0.15) is 5.76 Å². The second-order valence-electron chi connectivity index (χ2n) is 3.93. The maximum atomic E-state index is 11.6. The summed E-state index contributed by atoms with van der Waals surface area (Å²) in [5.41, 5.74) is 2.46. The number of hydrogen-bond acceptors (Lipinski definition) is 5. The molecular formula is C13H11N3O4. The maximum Gasteiger partial charge on any atom is 0.307 e. The lowest BCUT2D eigenvalue weighted by atomic mass is 10.2. The van der Waals surface area contributed by atoms with Crippen molar-refractivity contribution in [2.24, 2.45) is 5.10 Å². The van der Waals surface area contributed by atoms with E-state index in [9.17, 15) is 14.9 Å². The molecule has 0 aliphatic carbocycles. The molecule has 0 aliphatic heterocycles. The van der Waals surface area contributed by atoms with E-state index in [4.69, 9.17) is 4.42 Å². The van der Waals surface area contributed by atoms with Gasteiger partial charge in [-0.2, -0.15) is 5.10 Å². The summed E-state index contributed by atoms with van der Waals surface area (Å²) in [6.07, 6.45) is 1.21. The van der Waals surface area contributed by atoms with Crippen molar-refractivity contribution in [3.8, 4) is 0 Å². The van der Waals surface area contributed by atoms with E-state index in [1.165, 1.54) is 24.4 Å². The summed E-state index contributed by atoms with van der Waals surface area (Å²) in [4.78, 5) is 21.9. The van der Waals surface area contributed by atoms with E-state index in [0.29, 0.717) is 11.3 Å². The molecule has 1 N–H and O–H groups in total. The first kappa shape index (κ1) is 13.5. The smallest absolute Gasteiger partial charge is 0.307 e. The second kappa shape index (κ2) is 5.79. The predicted octanol–water partition coefficient (Wildman–Crippen LogP) is 2.26. The van der Waals surface area contributed by atoms with Crippen molar-refractivity contribution in [1.82, 2.24) is 5.43 Å². The molecule has 2 aromatic rings. The topological polar surface area (TPSA) is 97.7 Å². The minimum Gasteiger partial charge on any atom is -0.456 e.